The molecule has 2 aliphatic rings. The van der Waals surface area contributed by atoms with Crippen LogP contribution in [0.1, 0.15) is 25.3 Å². The summed E-state index contributed by atoms with van der Waals surface area (Å²) in [5.74, 6) is 1.25. The van der Waals surface area contributed by atoms with Crippen molar-refractivity contribution in [3.8, 4) is 0 Å². The van der Waals surface area contributed by atoms with Crippen molar-refractivity contribution in [1.82, 2.24) is 14.3 Å². The van der Waals surface area contributed by atoms with E-state index < -0.39 is 0 Å². The van der Waals surface area contributed by atoms with Crippen molar-refractivity contribution in [3.63, 3.8) is 0 Å². The van der Waals surface area contributed by atoms with Crippen LogP contribution < -0.4 is 4.90 Å². The molecule has 0 N–H and O–H groups in total. The highest BCUT2D eigenvalue weighted by Crippen LogP contribution is 2.28. The second-order valence-corrected chi connectivity index (χ2v) is 9.02. The van der Waals surface area contributed by atoms with Gasteiger partial charge in [0.25, 0.3) is 0 Å². The Hall–Kier alpha value is -1.79. The molecule has 0 radical (unpaired) electrons. The van der Waals surface area contributed by atoms with Gasteiger partial charge in [-0.05, 0) is 56.0 Å². The lowest BCUT2D eigenvalue weighted by molar-refractivity contribution is -0.0745. The van der Waals surface area contributed by atoms with Crippen molar-refractivity contribution >= 4 is 35.5 Å². The van der Waals surface area contributed by atoms with E-state index in [9.17, 15) is 0 Å². The molecule has 7 heteroatoms. The number of halogens is 2. The van der Waals surface area contributed by atoms with Crippen LogP contribution in [0, 0.1) is 0 Å². The molecule has 0 bridgehead atoms. The molecule has 2 atom stereocenters. The van der Waals surface area contributed by atoms with Gasteiger partial charge in [-0.25, -0.2) is 4.98 Å². The van der Waals surface area contributed by atoms with Crippen LogP contribution in [0.5, 0.6) is 0 Å². The molecular weight excluding hydrogens is 431 g/mol. The third kappa shape index (κ3) is 4.85. The number of pyridine rings is 1. The average Bonchev–Trinajstić information content (AvgIpc) is 3.26. The second kappa shape index (κ2) is 9.78. The van der Waals surface area contributed by atoms with E-state index in [1.54, 1.807) is 0 Å². The molecule has 0 aliphatic carbocycles. The predicted molar refractivity (Wildman–Crippen MR) is 129 cm³/mol. The molecule has 31 heavy (non-hydrogen) atoms. The maximum Gasteiger partial charge on any atom is 0.138 e. The lowest BCUT2D eigenvalue weighted by Gasteiger charge is -2.46. The molecule has 2 fully saturated rings. The summed E-state index contributed by atoms with van der Waals surface area (Å²) in [6, 6.07) is 15.7. The molecule has 2 aliphatic heterocycles. The lowest BCUT2D eigenvalue weighted by atomic mass is 9.96. The smallest absolute Gasteiger partial charge is 0.138 e. The third-order valence-electron chi connectivity index (χ3n) is 6.56. The van der Waals surface area contributed by atoms with E-state index in [4.69, 9.17) is 16.3 Å². The van der Waals surface area contributed by atoms with Gasteiger partial charge < -0.3 is 9.64 Å². The number of hydrogen-bond acceptors (Lipinski definition) is 4. The molecule has 0 saturated carbocycles. The largest absolute Gasteiger partial charge is 0.376 e. The maximum absolute atomic E-state index is 6.07. The number of ether oxygens (including phenoxy) is 1. The summed E-state index contributed by atoms with van der Waals surface area (Å²) < 4.78 is 8.24. The molecule has 0 spiro atoms. The summed E-state index contributed by atoms with van der Waals surface area (Å²) in [5, 5.41) is 0.796. The van der Waals surface area contributed by atoms with Crippen LogP contribution in [-0.4, -0.2) is 58.7 Å². The highest BCUT2D eigenvalue weighted by Gasteiger charge is 2.34. The number of anilines is 1. The summed E-state index contributed by atoms with van der Waals surface area (Å²) in [5.41, 5.74) is 2.34. The molecule has 0 unspecified atom stereocenters. The topological polar surface area (TPSA) is 33.0 Å². The fourth-order valence-corrected chi connectivity index (χ4v) is 5.13. The minimum atomic E-state index is 0. The van der Waals surface area contributed by atoms with Crippen molar-refractivity contribution in [2.75, 3.05) is 31.1 Å². The number of nitrogens with zero attached hydrogens (tertiary/aromatic N) is 4. The van der Waals surface area contributed by atoms with E-state index in [-0.39, 0.29) is 12.4 Å². The number of imidazole rings is 1. The first-order chi connectivity index (χ1) is 14.7. The van der Waals surface area contributed by atoms with E-state index in [0.29, 0.717) is 18.2 Å². The number of rotatable bonds is 4. The summed E-state index contributed by atoms with van der Waals surface area (Å²) >= 11 is 6.07. The van der Waals surface area contributed by atoms with E-state index in [0.717, 1.165) is 43.3 Å². The molecule has 4 heterocycles. The number of piperidine rings is 1. The van der Waals surface area contributed by atoms with Gasteiger partial charge >= 0.3 is 0 Å². The first-order valence-electron chi connectivity index (χ1n) is 11.0. The van der Waals surface area contributed by atoms with Gasteiger partial charge in [-0.15, -0.1) is 12.4 Å². The number of benzene rings is 1. The molecule has 0 amide bonds. The molecule has 3 aromatic rings. The molecule has 5 rings (SSSR count). The van der Waals surface area contributed by atoms with Crippen LogP contribution in [-0.2, 0) is 11.2 Å². The highest BCUT2D eigenvalue weighted by molar-refractivity contribution is 6.30. The summed E-state index contributed by atoms with van der Waals surface area (Å²) in [6.07, 6.45) is 7.59. The van der Waals surface area contributed by atoms with Gasteiger partial charge in [-0.3, -0.25) is 9.30 Å². The Morgan fingerprint density at radius 1 is 1.10 bits per heavy atom. The van der Waals surface area contributed by atoms with Gasteiger partial charge in [-0.1, -0.05) is 29.8 Å². The molecule has 5 nitrogen and oxygen atoms in total. The normalized spacial score (nSPS) is 23.1. The van der Waals surface area contributed by atoms with Gasteiger partial charge in [0.05, 0.1) is 12.7 Å². The Bertz CT molecular complexity index is 985. The summed E-state index contributed by atoms with van der Waals surface area (Å²) in [6.45, 7) is 6.15. The van der Waals surface area contributed by atoms with Crippen LogP contribution in [0.3, 0.4) is 0 Å². The van der Waals surface area contributed by atoms with Crippen LogP contribution in [0.2, 0.25) is 5.02 Å². The van der Waals surface area contributed by atoms with E-state index in [1.165, 1.54) is 24.2 Å². The number of hydrogen-bond donors (Lipinski definition) is 0. The van der Waals surface area contributed by atoms with Crippen LogP contribution in [0.15, 0.2) is 54.9 Å². The average molecular weight is 461 g/mol. The molecule has 2 aromatic heterocycles. The van der Waals surface area contributed by atoms with Crippen LogP contribution >= 0.6 is 24.0 Å². The maximum atomic E-state index is 6.07. The van der Waals surface area contributed by atoms with Gasteiger partial charge in [0.15, 0.2) is 0 Å². The van der Waals surface area contributed by atoms with Crippen LogP contribution in [0.25, 0.3) is 5.65 Å². The van der Waals surface area contributed by atoms with Crippen LogP contribution in [0.4, 0.5) is 5.82 Å². The standard InChI is InChI=1S/C24H29ClN4O.ClH/c1-18-16-29(22(17-30-18)15-19-5-7-20(25)8-6-19)21-9-12-27(13-10-21)24-4-2-3-23-26-11-14-28(23)24;/h2-8,11,14,18,21-22H,9-10,12-13,15-17H2,1H3;1H/t18-,22-;/m0./s1. The minimum absolute atomic E-state index is 0. The third-order valence-corrected chi connectivity index (χ3v) is 6.81. The van der Waals surface area contributed by atoms with Gasteiger partial charge in [-0.2, -0.15) is 0 Å². The number of aromatic nitrogens is 2. The quantitative estimate of drug-likeness (QED) is 0.564. The van der Waals surface area contributed by atoms with Crippen molar-refractivity contribution in [2.24, 2.45) is 0 Å². The van der Waals surface area contributed by atoms with Crippen molar-refractivity contribution < 1.29 is 4.74 Å². The van der Waals surface area contributed by atoms with Crippen molar-refractivity contribution in [1.29, 1.82) is 0 Å². The number of fused-ring (bicyclic) bond motifs is 1. The Kier molecular flexibility index (Phi) is 7.07. The second-order valence-electron chi connectivity index (χ2n) is 8.58. The van der Waals surface area contributed by atoms with Gasteiger partial charge in [0.1, 0.15) is 11.5 Å². The van der Waals surface area contributed by atoms with Crippen molar-refractivity contribution in [2.45, 2.75) is 44.4 Å². The van der Waals surface area contributed by atoms with Crippen molar-refractivity contribution in [3.05, 3.63) is 65.4 Å². The fraction of sp³-hybridized carbons (Fsp3) is 0.458. The van der Waals surface area contributed by atoms with Gasteiger partial charge in [0.2, 0.25) is 0 Å². The number of morpholine rings is 1. The molecule has 166 valence electrons. The highest BCUT2D eigenvalue weighted by atomic mass is 35.5. The van der Waals surface area contributed by atoms with Gasteiger partial charge in [0, 0.05) is 49.1 Å². The zero-order valence-electron chi connectivity index (χ0n) is 17.9. The minimum Gasteiger partial charge on any atom is -0.376 e. The Morgan fingerprint density at radius 2 is 1.87 bits per heavy atom. The summed E-state index contributed by atoms with van der Waals surface area (Å²) in [4.78, 5) is 9.66. The Balaban J connectivity index is 0.00000231. The van der Waals surface area contributed by atoms with E-state index in [2.05, 4.69) is 62.6 Å². The SMILES string of the molecule is C[C@H]1CN(C2CCN(c3cccc4nccn34)CC2)[C@@H](Cc2ccc(Cl)cc2)CO1.Cl. The molecular formula is C24H30Cl2N4O. The Labute approximate surface area is 195 Å². The van der Waals surface area contributed by atoms with E-state index >= 15 is 0 Å². The first kappa shape index (κ1) is 22.4. The monoisotopic (exact) mass is 460 g/mol. The zero-order valence-corrected chi connectivity index (χ0v) is 19.4. The Morgan fingerprint density at radius 3 is 2.65 bits per heavy atom. The van der Waals surface area contributed by atoms with E-state index in [1.807, 2.05) is 18.3 Å². The lowest BCUT2D eigenvalue weighted by Crippen LogP contribution is -2.56. The molecule has 2 saturated heterocycles. The molecule has 1 aromatic carbocycles. The zero-order chi connectivity index (χ0) is 20.5. The predicted octanol–water partition coefficient (Wildman–Crippen LogP) is 4.71. The summed E-state index contributed by atoms with van der Waals surface area (Å²) in [7, 11) is 0. The fourth-order valence-electron chi connectivity index (χ4n) is 5.00. The first-order valence-corrected chi connectivity index (χ1v) is 11.3.